The summed E-state index contributed by atoms with van der Waals surface area (Å²) in [6, 6.07) is 7.59. The van der Waals surface area contributed by atoms with E-state index in [1.54, 1.807) is 12.1 Å². The van der Waals surface area contributed by atoms with Crippen LogP contribution in [0.3, 0.4) is 0 Å². The van der Waals surface area contributed by atoms with Crippen molar-refractivity contribution in [2.75, 3.05) is 0 Å². The Morgan fingerprint density at radius 1 is 1.47 bits per heavy atom. The molecule has 0 radical (unpaired) electrons. The van der Waals surface area contributed by atoms with Crippen LogP contribution in [0.5, 0.6) is 0 Å². The molecule has 1 aromatic carbocycles. The molecule has 0 spiro atoms. The fourth-order valence-electron chi connectivity index (χ4n) is 2.47. The van der Waals surface area contributed by atoms with Gasteiger partial charge in [-0.25, -0.2) is 0 Å². The van der Waals surface area contributed by atoms with E-state index in [1.165, 1.54) is 25.3 Å². The van der Waals surface area contributed by atoms with Crippen LogP contribution in [0, 0.1) is 16.0 Å². The minimum absolute atomic E-state index is 0.156. The summed E-state index contributed by atoms with van der Waals surface area (Å²) < 4.78 is 0. The summed E-state index contributed by atoms with van der Waals surface area (Å²) in [4.78, 5) is 10.5. The monoisotopic (exact) mass is 262 g/mol. The van der Waals surface area contributed by atoms with Crippen LogP contribution in [-0.4, -0.2) is 11.0 Å². The average Bonchev–Trinajstić information content (AvgIpc) is 3.22. The van der Waals surface area contributed by atoms with E-state index >= 15 is 0 Å². The molecule has 1 N–H and O–H groups in total. The molecule has 0 aromatic heterocycles. The minimum atomic E-state index is -0.336. The zero-order chi connectivity index (χ0) is 13.8. The number of nitrogens with one attached hydrogen (secondary N) is 1. The molecule has 0 heterocycles. The third-order valence-electron chi connectivity index (χ3n) is 3.87. The Morgan fingerprint density at radius 3 is 2.79 bits per heavy atom. The van der Waals surface area contributed by atoms with E-state index in [0.29, 0.717) is 6.04 Å². The normalized spacial score (nSPS) is 18.0. The molecule has 1 saturated carbocycles. The molecule has 1 aliphatic carbocycles. The highest BCUT2D eigenvalue weighted by molar-refractivity contribution is 5.35. The Labute approximate surface area is 114 Å². The number of rotatable bonds is 7. The largest absolute Gasteiger partial charge is 0.307 e. The van der Waals surface area contributed by atoms with Gasteiger partial charge in [0.15, 0.2) is 0 Å². The summed E-state index contributed by atoms with van der Waals surface area (Å²) >= 11 is 0. The summed E-state index contributed by atoms with van der Waals surface area (Å²) in [5.74, 6) is 0.898. The molecule has 0 aliphatic heterocycles. The van der Waals surface area contributed by atoms with Crippen LogP contribution in [0.1, 0.15) is 51.1 Å². The molecule has 1 aliphatic rings. The number of nitro groups is 1. The molecule has 104 valence electrons. The van der Waals surface area contributed by atoms with Crippen LogP contribution < -0.4 is 5.32 Å². The van der Waals surface area contributed by atoms with E-state index in [4.69, 9.17) is 0 Å². The third kappa shape index (κ3) is 4.03. The average molecular weight is 262 g/mol. The van der Waals surface area contributed by atoms with Crippen LogP contribution in [0.25, 0.3) is 0 Å². The van der Waals surface area contributed by atoms with Gasteiger partial charge in [0, 0.05) is 24.2 Å². The van der Waals surface area contributed by atoms with Gasteiger partial charge in [-0.2, -0.15) is 0 Å². The molecule has 0 saturated heterocycles. The second-order valence-corrected chi connectivity index (χ2v) is 5.52. The van der Waals surface area contributed by atoms with E-state index < -0.39 is 0 Å². The van der Waals surface area contributed by atoms with E-state index in [9.17, 15) is 10.1 Å². The molecule has 4 heteroatoms. The van der Waals surface area contributed by atoms with Crippen molar-refractivity contribution in [3.8, 4) is 0 Å². The maximum Gasteiger partial charge on any atom is 0.269 e. The standard InChI is InChI=1S/C15H22N2O2/c1-3-14(9-12-7-8-12)16-11(2)13-5-4-6-15(10-13)17(18)19/h4-6,10-12,14,16H,3,7-9H2,1-2H3. The van der Waals surface area contributed by atoms with E-state index in [2.05, 4.69) is 19.2 Å². The highest BCUT2D eigenvalue weighted by atomic mass is 16.6. The first-order valence-corrected chi connectivity index (χ1v) is 7.10. The number of benzene rings is 1. The number of non-ortho nitro benzene ring substituents is 1. The van der Waals surface area contributed by atoms with Crippen molar-refractivity contribution in [1.29, 1.82) is 0 Å². The van der Waals surface area contributed by atoms with Gasteiger partial charge in [-0.05, 0) is 31.2 Å². The van der Waals surface area contributed by atoms with E-state index in [0.717, 1.165) is 17.9 Å². The predicted octanol–water partition coefficient (Wildman–Crippen LogP) is 3.82. The Balaban J connectivity index is 1.99. The minimum Gasteiger partial charge on any atom is -0.307 e. The first-order chi connectivity index (χ1) is 9.10. The molecule has 0 amide bonds. The van der Waals surface area contributed by atoms with Crippen LogP contribution in [0.15, 0.2) is 24.3 Å². The lowest BCUT2D eigenvalue weighted by atomic mass is 10.0. The van der Waals surface area contributed by atoms with Gasteiger partial charge in [-0.15, -0.1) is 0 Å². The molecule has 19 heavy (non-hydrogen) atoms. The van der Waals surface area contributed by atoms with Crippen LogP contribution in [0.4, 0.5) is 5.69 Å². The maximum atomic E-state index is 10.8. The number of hydrogen-bond donors (Lipinski definition) is 1. The van der Waals surface area contributed by atoms with Crippen LogP contribution in [0.2, 0.25) is 0 Å². The summed E-state index contributed by atoms with van der Waals surface area (Å²) in [7, 11) is 0. The zero-order valence-electron chi connectivity index (χ0n) is 11.6. The Bertz CT molecular complexity index is 444. The molecule has 2 rings (SSSR count). The molecule has 1 fully saturated rings. The Kier molecular flexibility index (Phi) is 4.53. The van der Waals surface area contributed by atoms with Crippen LogP contribution >= 0.6 is 0 Å². The van der Waals surface area contributed by atoms with Crippen molar-refractivity contribution in [2.45, 2.75) is 51.6 Å². The number of hydrogen-bond acceptors (Lipinski definition) is 3. The van der Waals surface area contributed by atoms with Gasteiger partial charge in [0.1, 0.15) is 0 Å². The molecule has 4 nitrogen and oxygen atoms in total. The fourth-order valence-corrected chi connectivity index (χ4v) is 2.47. The first kappa shape index (κ1) is 14.0. The lowest BCUT2D eigenvalue weighted by molar-refractivity contribution is -0.384. The van der Waals surface area contributed by atoms with Gasteiger partial charge in [0.25, 0.3) is 5.69 Å². The smallest absolute Gasteiger partial charge is 0.269 e. The second-order valence-electron chi connectivity index (χ2n) is 5.52. The Morgan fingerprint density at radius 2 is 2.21 bits per heavy atom. The summed E-state index contributed by atoms with van der Waals surface area (Å²) in [5.41, 5.74) is 1.16. The Hall–Kier alpha value is -1.42. The van der Waals surface area contributed by atoms with Crippen molar-refractivity contribution in [3.05, 3.63) is 39.9 Å². The molecular weight excluding hydrogens is 240 g/mol. The van der Waals surface area contributed by atoms with Gasteiger partial charge in [0.2, 0.25) is 0 Å². The highest BCUT2D eigenvalue weighted by Gasteiger charge is 2.25. The molecular formula is C15H22N2O2. The van der Waals surface area contributed by atoms with E-state index in [-0.39, 0.29) is 16.7 Å². The van der Waals surface area contributed by atoms with Gasteiger partial charge in [0.05, 0.1) is 4.92 Å². The fraction of sp³-hybridized carbons (Fsp3) is 0.600. The number of nitrogens with zero attached hydrogens (tertiary/aromatic N) is 1. The maximum absolute atomic E-state index is 10.8. The van der Waals surface area contributed by atoms with Crippen molar-refractivity contribution in [1.82, 2.24) is 5.32 Å². The third-order valence-corrected chi connectivity index (χ3v) is 3.87. The van der Waals surface area contributed by atoms with E-state index in [1.807, 2.05) is 6.07 Å². The topological polar surface area (TPSA) is 55.2 Å². The van der Waals surface area contributed by atoms with Crippen molar-refractivity contribution >= 4 is 5.69 Å². The zero-order valence-corrected chi connectivity index (χ0v) is 11.6. The van der Waals surface area contributed by atoms with Crippen molar-refractivity contribution in [3.63, 3.8) is 0 Å². The lowest BCUT2D eigenvalue weighted by Gasteiger charge is -2.22. The molecule has 1 aromatic rings. The summed E-state index contributed by atoms with van der Waals surface area (Å²) in [5, 5.41) is 14.4. The van der Waals surface area contributed by atoms with Gasteiger partial charge in [-0.3, -0.25) is 10.1 Å². The molecule has 2 unspecified atom stereocenters. The van der Waals surface area contributed by atoms with Gasteiger partial charge in [-0.1, -0.05) is 31.9 Å². The number of nitro benzene ring substituents is 1. The van der Waals surface area contributed by atoms with Gasteiger partial charge >= 0.3 is 0 Å². The lowest BCUT2D eigenvalue weighted by Crippen LogP contribution is -2.31. The van der Waals surface area contributed by atoms with Crippen LogP contribution in [-0.2, 0) is 0 Å². The molecule has 0 bridgehead atoms. The summed E-state index contributed by atoms with van der Waals surface area (Å²) in [6.07, 6.45) is 5.07. The quantitative estimate of drug-likeness (QED) is 0.600. The second kappa shape index (κ2) is 6.15. The van der Waals surface area contributed by atoms with Crippen molar-refractivity contribution < 1.29 is 4.92 Å². The van der Waals surface area contributed by atoms with Gasteiger partial charge < -0.3 is 5.32 Å². The summed E-state index contributed by atoms with van der Waals surface area (Å²) in [6.45, 7) is 4.27. The predicted molar refractivity (Wildman–Crippen MR) is 76.1 cm³/mol. The highest BCUT2D eigenvalue weighted by Crippen LogP contribution is 2.34. The molecule has 2 atom stereocenters. The first-order valence-electron chi connectivity index (χ1n) is 7.10. The van der Waals surface area contributed by atoms with Crippen molar-refractivity contribution in [2.24, 2.45) is 5.92 Å². The SMILES string of the molecule is CCC(CC1CC1)NC(C)c1cccc([N+](=O)[O-])c1.